The second-order valence-corrected chi connectivity index (χ2v) is 5.81. The van der Waals surface area contributed by atoms with Gasteiger partial charge in [0.15, 0.2) is 5.69 Å². The Morgan fingerprint density at radius 1 is 1.28 bits per heavy atom. The maximum atomic E-state index is 12.6. The van der Waals surface area contributed by atoms with E-state index in [4.69, 9.17) is 16.7 Å². The summed E-state index contributed by atoms with van der Waals surface area (Å²) in [7, 11) is 0. The largest absolute Gasteiger partial charge is 0.493 e. The molecule has 0 fully saturated rings. The molecular formula is C17H17ClN4O3. The SMILES string of the molecule is Cc1c(Cl)cccc1N=Nc1c(C)c(C#N)c(O)n(CCCO)c1=O. The molecule has 0 aliphatic carbocycles. The Balaban J connectivity index is 2.61. The predicted molar refractivity (Wildman–Crippen MR) is 93.9 cm³/mol. The average molecular weight is 361 g/mol. The van der Waals surface area contributed by atoms with E-state index in [9.17, 15) is 15.2 Å². The van der Waals surface area contributed by atoms with Crippen LogP contribution in [0.4, 0.5) is 11.4 Å². The molecule has 7 nitrogen and oxygen atoms in total. The van der Waals surface area contributed by atoms with Crippen LogP contribution in [0, 0.1) is 25.2 Å². The van der Waals surface area contributed by atoms with Gasteiger partial charge >= 0.3 is 0 Å². The Morgan fingerprint density at radius 3 is 2.64 bits per heavy atom. The van der Waals surface area contributed by atoms with E-state index >= 15 is 0 Å². The van der Waals surface area contributed by atoms with E-state index in [1.54, 1.807) is 25.1 Å². The number of hydrogen-bond donors (Lipinski definition) is 2. The van der Waals surface area contributed by atoms with Crippen molar-refractivity contribution in [3.63, 3.8) is 0 Å². The molecule has 0 unspecified atom stereocenters. The van der Waals surface area contributed by atoms with E-state index < -0.39 is 11.4 Å². The minimum Gasteiger partial charge on any atom is -0.493 e. The Bertz CT molecular complexity index is 929. The first kappa shape index (κ1) is 18.6. The van der Waals surface area contributed by atoms with Crippen LogP contribution in [0.5, 0.6) is 5.88 Å². The maximum Gasteiger partial charge on any atom is 0.281 e. The van der Waals surface area contributed by atoms with Gasteiger partial charge < -0.3 is 10.2 Å². The van der Waals surface area contributed by atoms with Crippen LogP contribution in [-0.4, -0.2) is 21.4 Å². The fourth-order valence-corrected chi connectivity index (χ4v) is 2.47. The molecule has 0 atom stereocenters. The minimum absolute atomic E-state index is 0.0355. The summed E-state index contributed by atoms with van der Waals surface area (Å²) in [6, 6.07) is 7.01. The van der Waals surface area contributed by atoms with Gasteiger partial charge in [-0.2, -0.15) is 10.4 Å². The summed E-state index contributed by atoms with van der Waals surface area (Å²) in [5, 5.41) is 37.0. The van der Waals surface area contributed by atoms with Crippen LogP contribution < -0.4 is 5.56 Å². The molecule has 2 N–H and O–H groups in total. The summed E-state index contributed by atoms with van der Waals surface area (Å²) < 4.78 is 1.01. The first-order valence-corrected chi connectivity index (χ1v) is 7.94. The van der Waals surface area contributed by atoms with Gasteiger partial charge in [0, 0.05) is 23.7 Å². The third-order valence-electron chi connectivity index (χ3n) is 3.81. The Labute approximate surface area is 149 Å². The second-order valence-electron chi connectivity index (χ2n) is 5.40. The van der Waals surface area contributed by atoms with Crippen LogP contribution in [0.25, 0.3) is 0 Å². The predicted octanol–water partition coefficient (Wildman–Crippen LogP) is 3.49. The number of aromatic hydroxyl groups is 1. The molecule has 2 rings (SSSR count). The number of rotatable bonds is 5. The quantitative estimate of drug-likeness (QED) is 0.795. The Kier molecular flexibility index (Phi) is 5.91. The highest BCUT2D eigenvalue weighted by Crippen LogP contribution is 2.29. The third-order valence-corrected chi connectivity index (χ3v) is 4.22. The molecule has 0 aliphatic heterocycles. The molecule has 1 aromatic carbocycles. The van der Waals surface area contributed by atoms with Gasteiger partial charge in [0.2, 0.25) is 5.88 Å². The van der Waals surface area contributed by atoms with Crippen LogP contribution in [0.1, 0.15) is 23.1 Å². The summed E-state index contributed by atoms with van der Waals surface area (Å²) in [5.74, 6) is -0.434. The fourth-order valence-electron chi connectivity index (χ4n) is 2.30. The van der Waals surface area contributed by atoms with Gasteiger partial charge in [-0.05, 0) is 38.0 Å². The van der Waals surface area contributed by atoms with E-state index in [-0.39, 0.29) is 36.4 Å². The molecule has 1 aromatic heterocycles. The molecule has 0 saturated carbocycles. The molecule has 0 aliphatic rings. The third kappa shape index (κ3) is 3.71. The fraction of sp³-hybridized carbons (Fsp3) is 0.294. The number of hydrogen-bond acceptors (Lipinski definition) is 6. The number of pyridine rings is 1. The van der Waals surface area contributed by atoms with E-state index in [0.717, 1.165) is 4.57 Å². The van der Waals surface area contributed by atoms with Crippen molar-refractivity contribution in [2.75, 3.05) is 6.61 Å². The second kappa shape index (κ2) is 7.92. The van der Waals surface area contributed by atoms with Gasteiger partial charge in [-0.15, -0.1) is 5.11 Å². The monoisotopic (exact) mass is 360 g/mol. The summed E-state index contributed by atoms with van der Waals surface area (Å²) in [6.07, 6.45) is 0.255. The number of aliphatic hydroxyl groups excluding tert-OH is 1. The van der Waals surface area contributed by atoms with Gasteiger partial charge in [-0.1, -0.05) is 17.7 Å². The van der Waals surface area contributed by atoms with Crippen molar-refractivity contribution in [1.82, 2.24) is 4.57 Å². The highest BCUT2D eigenvalue weighted by Gasteiger charge is 2.19. The molecule has 25 heavy (non-hydrogen) atoms. The molecule has 0 spiro atoms. The van der Waals surface area contributed by atoms with Crippen LogP contribution in [0.3, 0.4) is 0 Å². The van der Waals surface area contributed by atoms with E-state index in [1.807, 2.05) is 6.07 Å². The Morgan fingerprint density at radius 2 is 2.00 bits per heavy atom. The number of halogens is 1. The lowest BCUT2D eigenvalue weighted by molar-refractivity contribution is 0.274. The zero-order chi connectivity index (χ0) is 18.6. The zero-order valence-corrected chi connectivity index (χ0v) is 14.6. The number of nitriles is 1. The van der Waals surface area contributed by atoms with Crippen molar-refractivity contribution in [2.24, 2.45) is 10.2 Å². The van der Waals surface area contributed by atoms with Crippen LogP contribution in [0.15, 0.2) is 33.2 Å². The van der Waals surface area contributed by atoms with E-state index in [2.05, 4.69) is 10.2 Å². The highest BCUT2D eigenvalue weighted by atomic mass is 35.5. The maximum absolute atomic E-state index is 12.6. The number of nitrogens with zero attached hydrogens (tertiary/aromatic N) is 4. The molecule has 0 saturated heterocycles. The minimum atomic E-state index is -0.578. The lowest BCUT2D eigenvalue weighted by atomic mass is 10.1. The lowest BCUT2D eigenvalue weighted by Gasteiger charge is -2.12. The van der Waals surface area contributed by atoms with Gasteiger partial charge in [0.25, 0.3) is 5.56 Å². The summed E-state index contributed by atoms with van der Waals surface area (Å²) in [6.45, 7) is 3.21. The first-order valence-electron chi connectivity index (χ1n) is 7.56. The van der Waals surface area contributed by atoms with Crippen molar-refractivity contribution in [3.05, 3.63) is 50.3 Å². The number of benzene rings is 1. The van der Waals surface area contributed by atoms with Crippen molar-refractivity contribution in [1.29, 1.82) is 5.26 Å². The van der Waals surface area contributed by atoms with E-state index in [0.29, 0.717) is 16.3 Å². The summed E-state index contributed by atoms with van der Waals surface area (Å²) >= 11 is 6.04. The molecule has 8 heteroatoms. The first-order chi connectivity index (χ1) is 11.9. The van der Waals surface area contributed by atoms with Gasteiger partial charge in [-0.3, -0.25) is 9.36 Å². The summed E-state index contributed by atoms with van der Waals surface area (Å²) in [4.78, 5) is 12.6. The van der Waals surface area contributed by atoms with Crippen LogP contribution in [0.2, 0.25) is 5.02 Å². The van der Waals surface area contributed by atoms with Crippen LogP contribution in [-0.2, 0) is 6.54 Å². The number of azo groups is 1. The smallest absolute Gasteiger partial charge is 0.281 e. The molecule has 1 heterocycles. The standard InChI is InChI=1S/C17H17ClN4O3/c1-10-12(9-19)16(24)22(7-4-8-23)17(25)15(10)21-20-14-6-3-5-13(18)11(14)2/h3,5-6,23-24H,4,7-8H2,1-2H3. The molecule has 2 aromatic rings. The van der Waals surface area contributed by atoms with Crippen molar-refractivity contribution in [3.8, 4) is 11.9 Å². The molecule has 0 amide bonds. The van der Waals surface area contributed by atoms with Gasteiger partial charge in [0.1, 0.15) is 11.6 Å². The lowest BCUT2D eigenvalue weighted by Crippen LogP contribution is -2.22. The average Bonchev–Trinajstić information content (AvgIpc) is 2.58. The number of aromatic nitrogens is 1. The van der Waals surface area contributed by atoms with Crippen molar-refractivity contribution in [2.45, 2.75) is 26.8 Å². The highest BCUT2D eigenvalue weighted by molar-refractivity contribution is 6.31. The molecule has 0 bridgehead atoms. The number of aliphatic hydroxyl groups is 1. The van der Waals surface area contributed by atoms with Crippen molar-refractivity contribution >= 4 is 23.0 Å². The topological polar surface area (TPSA) is 111 Å². The zero-order valence-electron chi connectivity index (χ0n) is 13.8. The van der Waals surface area contributed by atoms with Crippen LogP contribution >= 0.6 is 11.6 Å². The van der Waals surface area contributed by atoms with E-state index in [1.165, 1.54) is 6.92 Å². The normalized spacial score (nSPS) is 11.0. The van der Waals surface area contributed by atoms with Gasteiger partial charge in [-0.25, -0.2) is 0 Å². The molecule has 130 valence electrons. The molecular weight excluding hydrogens is 344 g/mol. The summed E-state index contributed by atoms with van der Waals surface area (Å²) in [5.41, 5.74) is 0.797. The Hall–Kier alpha value is -2.69. The molecule has 0 radical (unpaired) electrons. The van der Waals surface area contributed by atoms with Crippen molar-refractivity contribution < 1.29 is 10.2 Å². The van der Waals surface area contributed by atoms with Gasteiger partial charge in [0.05, 0.1) is 5.69 Å².